The Balaban J connectivity index is 2.11. The Morgan fingerprint density at radius 1 is 1.25 bits per heavy atom. The topological polar surface area (TPSA) is 54.5 Å². The van der Waals surface area contributed by atoms with E-state index in [1.807, 2.05) is 42.6 Å². The van der Waals surface area contributed by atoms with Crippen LogP contribution in [0.15, 0.2) is 41.8 Å². The third-order valence-corrected chi connectivity index (χ3v) is 4.01. The number of aryl methyl sites for hydroxylation is 1. The predicted molar refractivity (Wildman–Crippen MR) is 77.9 cm³/mol. The van der Waals surface area contributed by atoms with Crippen LogP contribution in [0.5, 0.6) is 0 Å². The Bertz CT molecular complexity index is 766. The van der Waals surface area contributed by atoms with E-state index in [9.17, 15) is 5.26 Å². The molecule has 0 bridgehead atoms. The van der Waals surface area contributed by atoms with E-state index in [2.05, 4.69) is 22.4 Å². The maximum absolute atomic E-state index is 9.21. The van der Waals surface area contributed by atoms with E-state index in [1.165, 1.54) is 4.88 Å². The molecule has 0 saturated heterocycles. The van der Waals surface area contributed by atoms with Crippen molar-refractivity contribution in [3.8, 4) is 11.8 Å². The van der Waals surface area contributed by atoms with Crippen molar-refractivity contribution in [2.45, 2.75) is 13.3 Å². The lowest BCUT2D eigenvalue weighted by atomic mass is 10.1. The van der Waals surface area contributed by atoms with E-state index in [0.29, 0.717) is 12.1 Å². The quantitative estimate of drug-likeness (QED) is 0.740. The van der Waals surface area contributed by atoms with Gasteiger partial charge in [0.05, 0.1) is 11.4 Å². The molecule has 5 heteroatoms. The second-order valence-corrected chi connectivity index (χ2v) is 5.48. The standard InChI is InChI=1S/C15H12N4S/c1-11-5-2-3-7-14(11)19-15(13(10-16)17-18-19)9-12-6-4-8-20-12/h2-8H,9H2,1H3. The summed E-state index contributed by atoms with van der Waals surface area (Å²) >= 11 is 1.67. The Morgan fingerprint density at radius 3 is 2.80 bits per heavy atom. The predicted octanol–water partition coefficient (Wildman–Crippen LogP) is 3.10. The van der Waals surface area contributed by atoms with Crippen LogP contribution in [0.2, 0.25) is 0 Å². The number of nitrogens with zero attached hydrogens (tertiary/aromatic N) is 4. The molecule has 0 amide bonds. The van der Waals surface area contributed by atoms with Gasteiger partial charge in [0.2, 0.25) is 0 Å². The number of benzene rings is 1. The van der Waals surface area contributed by atoms with Gasteiger partial charge in [-0.25, -0.2) is 4.68 Å². The first-order valence-electron chi connectivity index (χ1n) is 6.22. The number of thiophene rings is 1. The van der Waals surface area contributed by atoms with Crippen molar-refractivity contribution in [3.63, 3.8) is 0 Å². The Morgan fingerprint density at radius 2 is 2.10 bits per heavy atom. The Kier molecular flexibility index (Phi) is 3.32. The summed E-state index contributed by atoms with van der Waals surface area (Å²) in [6.45, 7) is 2.03. The van der Waals surface area contributed by atoms with Crippen LogP contribution in [0.1, 0.15) is 21.8 Å². The molecular weight excluding hydrogens is 268 g/mol. The summed E-state index contributed by atoms with van der Waals surface area (Å²) in [4.78, 5) is 1.19. The third kappa shape index (κ3) is 2.22. The lowest BCUT2D eigenvalue weighted by molar-refractivity contribution is 0.770. The molecule has 0 aliphatic rings. The molecule has 0 aliphatic carbocycles. The number of nitriles is 1. The van der Waals surface area contributed by atoms with Crippen LogP contribution in [0, 0.1) is 18.3 Å². The highest BCUT2D eigenvalue weighted by Gasteiger charge is 2.16. The molecule has 2 heterocycles. The van der Waals surface area contributed by atoms with Crippen molar-refractivity contribution in [2.24, 2.45) is 0 Å². The van der Waals surface area contributed by atoms with Crippen molar-refractivity contribution >= 4 is 11.3 Å². The van der Waals surface area contributed by atoms with Crippen LogP contribution in [-0.2, 0) is 6.42 Å². The minimum atomic E-state index is 0.390. The SMILES string of the molecule is Cc1ccccc1-n1nnc(C#N)c1Cc1cccs1. The highest BCUT2D eigenvalue weighted by Crippen LogP contribution is 2.21. The summed E-state index contributed by atoms with van der Waals surface area (Å²) in [5.74, 6) is 0. The van der Waals surface area contributed by atoms with Crippen LogP contribution in [0.3, 0.4) is 0 Å². The van der Waals surface area contributed by atoms with Crippen LogP contribution >= 0.6 is 11.3 Å². The molecule has 0 saturated carbocycles. The van der Waals surface area contributed by atoms with Crippen molar-refractivity contribution in [1.29, 1.82) is 5.26 Å². The monoisotopic (exact) mass is 280 g/mol. The van der Waals surface area contributed by atoms with E-state index in [1.54, 1.807) is 16.0 Å². The van der Waals surface area contributed by atoms with Gasteiger partial charge in [0.1, 0.15) is 6.07 Å². The van der Waals surface area contributed by atoms with Crippen LogP contribution in [0.25, 0.3) is 5.69 Å². The molecule has 0 aliphatic heterocycles. The highest BCUT2D eigenvalue weighted by atomic mass is 32.1. The third-order valence-electron chi connectivity index (χ3n) is 3.13. The average Bonchev–Trinajstić information content (AvgIpc) is 3.10. The second kappa shape index (κ2) is 5.27. The summed E-state index contributed by atoms with van der Waals surface area (Å²) in [5, 5.41) is 19.4. The van der Waals surface area contributed by atoms with Crippen LogP contribution in [-0.4, -0.2) is 15.0 Å². The normalized spacial score (nSPS) is 10.4. The molecule has 0 spiro atoms. The lowest BCUT2D eigenvalue weighted by Gasteiger charge is -2.08. The summed E-state index contributed by atoms with van der Waals surface area (Å²) in [6, 6.07) is 14.2. The zero-order valence-electron chi connectivity index (χ0n) is 10.9. The van der Waals surface area contributed by atoms with Gasteiger partial charge in [-0.2, -0.15) is 5.26 Å². The van der Waals surface area contributed by atoms with E-state index >= 15 is 0 Å². The fourth-order valence-corrected chi connectivity index (χ4v) is 2.83. The molecule has 0 N–H and O–H groups in total. The van der Waals surface area contributed by atoms with Gasteiger partial charge in [0.25, 0.3) is 0 Å². The number of hydrogen-bond donors (Lipinski definition) is 0. The van der Waals surface area contributed by atoms with Crippen LogP contribution in [0.4, 0.5) is 0 Å². The Labute approximate surface area is 120 Å². The molecule has 3 aromatic rings. The van der Waals surface area contributed by atoms with Crippen molar-refractivity contribution in [2.75, 3.05) is 0 Å². The zero-order chi connectivity index (χ0) is 13.9. The number of hydrogen-bond acceptors (Lipinski definition) is 4. The average molecular weight is 280 g/mol. The van der Waals surface area contributed by atoms with Gasteiger partial charge in [-0.1, -0.05) is 29.5 Å². The first-order valence-corrected chi connectivity index (χ1v) is 7.10. The largest absolute Gasteiger partial charge is 0.216 e. The second-order valence-electron chi connectivity index (χ2n) is 4.45. The van der Waals surface area contributed by atoms with Gasteiger partial charge >= 0.3 is 0 Å². The van der Waals surface area contributed by atoms with E-state index in [4.69, 9.17) is 0 Å². The first-order chi connectivity index (χ1) is 9.79. The molecular formula is C15H12N4S. The van der Waals surface area contributed by atoms with Gasteiger partial charge in [0.15, 0.2) is 5.69 Å². The molecule has 20 heavy (non-hydrogen) atoms. The number of para-hydroxylation sites is 1. The number of aromatic nitrogens is 3. The minimum Gasteiger partial charge on any atom is -0.216 e. The maximum atomic E-state index is 9.21. The van der Waals surface area contributed by atoms with Crippen molar-refractivity contribution < 1.29 is 0 Å². The number of rotatable bonds is 3. The Hall–Kier alpha value is -2.45. The zero-order valence-corrected chi connectivity index (χ0v) is 11.8. The molecule has 98 valence electrons. The first kappa shape index (κ1) is 12.6. The maximum Gasteiger partial charge on any atom is 0.186 e. The molecule has 2 aromatic heterocycles. The fraction of sp³-hybridized carbons (Fsp3) is 0.133. The molecule has 1 aromatic carbocycles. The minimum absolute atomic E-state index is 0.390. The van der Waals surface area contributed by atoms with Gasteiger partial charge in [-0.3, -0.25) is 0 Å². The summed E-state index contributed by atoms with van der Waals surface area (Å²) in [7, 11) is 0. The smallest absolute Gasteiger partial charge is 0.186 e. The lowest BCUT2D eigenvalue weighted by Crippen LogP contribution is -2.05. The van der Waals surface area contributed by atoms with Gasteiger partial charge in [0, 0.05) is 11.3 Å². The molecule has 0 fully saturated rings. The van der Waals surface area contributed by atoms with Gasteiger partial charge in [-0.05, 0) is 30.0 Å². The molecule has 0 atom stereocenters. The summed E-state index contributed by atoms with van der Waals surface area (Å²) in [5.41, 5.74) is 3.30. The van der Waals surface area contributed by atoms with Crippen LogP contribution < -0.4 is 0 Å². The van der Waals surface area contributed by atoms with E-state index < -0.39 is 0 Å². The molecule has 4 nitrogen and oxygen atoms in total. The molecule has 3 rings (SSSR count). The molecule has 0 radical (unpaired) electrons. The van der Waals surface area contributed by atoms with Gasteiger partial charge in [-0.15, -0.1) is 16.4 Å². The van der Waals surface area contributed by atoms with Crippen molar-refractivity contribution in [1.82, 2.24) is 15.0 Å². The van der Waals surface area contributed by atoms with Gasteiger partial charge < -0.3 is 0 Å². The fourth-order valence-electron chi connectivity index (χ4n) is 2.12. The van der Waals surface area contributed by atoms with E-state index in [-0.39, 0.29) is 0 Å². The van der Waals surface area contributed by atoms with E-state index in [0.717, 1.165) is 16.9 Å². The molecule has 0 unspecified atom stereocenters. The van der Waals surface area contributed by atoms with Crippen molar-refractivity contribution in [3.05, 3.63) is 63.6 Å². The highest BCUT2D eigenvalue weighted by molar-refractivity contribution is 7.09. The summed E-state index contributed by atoms with van der Waals surface area (Å²) < 4.78 is 1.77. The summed E-state index contributed by atoms with van der Waals surface area (Å²) in [6.07, 6.45) is 0.669.